The maximum atomic E-state index is 13.2. The highest BCUT2D eigenvalue weighted by Gasteiger charge is 2.21. The Labute approximate surface area is 251 Å². The third kappa shape index (κ3) is 7.12. The van der Waals surface area contributed by atoms with Gasteiger partial charge in [-0.1, -0.05) is 40.2 Å². The zero-order valence-corrected chi connectivity index (χ0v) is 23.4. The number of carbonyl (C=O) groups excluding carboxylic acids is 3. The van der Waals surface area contributed by atoms with Gasteiger partial charge in [0.2, 0.25) is 12.6 Å². The van der Waals surface area contributed by atoms with Gasteiger partial charge in [-0.15, -0.1) is 0 Å². The van der Waals surface area contributed by atoms with Gasteiger partial charge in [0.1, 0.15) is 16.4 Å². The molecule has 0 saturated heterocycles. The van der Waals surface area contributed by atoms with E-state index >= 15 is 0 Å². The number of nitrogens with zero attached hydrogens (tertiary/aromatic N) is 2. The maximum Gasteiger partial charge on any atom is 0.433 e. The van der Waals surface area contributed by atoms with Crippen molar-refractivity contribution in [1.29, 1.82) is 0 Å². The minimum atomic E-state index is -0.980. The van der Waals surface area contributed by atoms with E-state index in [1.165, 1.54) is 18.4 Å². The lowest BCUT2D eigenvalue weighted by molar-refractivity contribution is -0.402. The third-order valence-electron chi connectivity index (χ3n) is 5.75. The largest absolute Gasteiger partial charge is 0.454 e. The van der Waals surface area contributed by atoms with Crippen LogP contribution in [0.2, 0.25) is 0 Å². The fourth-order valence-corrected chi connectivity index (χ4v) is 4.11. The van der Waals surface area contributed by atoms with Crippen LogP contribution in [0.4, 0.5) is 5.88 Å². The lowest BCUT2D eigenvalue weighted by Crippen LogP contribution is -2.32. The zero-order valence-electron chi connectivity index (χ0n) is 21.8. The Kier molecular flexibility index (Phi) is 8.58. The maximum absolute atomic E-state index is 13.2. The number of hydrogen-bond acceptors (Lipinski definition) is 10. The number of benzene rings is 3. The second-order valence-electron chi connectivity index (χ2n) is 8.66. The van der Waals surface area contributed by atoms with E-state index in [-0.39, 0.29) is 29.6 Å². The van der Waals surface area contributed by atoms with E-state index in [1.54, 1.807) is 60.7 Å². The first-order valence-corrected chi connectivity index (χ1v) is 13.1. The van der Waals surface area contributed by atoms with E-state index in [9.17, 15) is 24.5 Å². The number of hydrazone groups is 1. The van der Waals surface area contributed by atoms with E-state index in [0.717, 1.165) is 12.1 Å². The molecule has 1 aromatic heterocycles. The van der Waals surface area contributed by atoms with Gasteiger partial charge in [-0.3, -0.25) is 19.7 Å². The lowest BCUT2D eigenvalue weighted by atomic mass is 10.1. The molecule has 2 N–H and O–H groups in total. The molecule has 13 nitrogen and oxygen atoms in total. The molecule has 2 heterocycles. The molecule has 5 rings (SSSR count). The normalized spacial score (nSPS) is 12.2. The Balaban J connectivity index is 1.35. The van der Waals surface area contributed by atoms with Crippen molar-refractivity contribution in [1.82, 2.24) is 10.7 Å². The number of fused-ring (bicyclic) bond motifs is 1. The van der Waals surface area contributed by atoms with Gasteiger partial charge in [-0.2, -0.15) is 5.10 Å². The Hall–Kier alpha value is -5.76. The molecule has 0 saturated carbocycles. The van der Waals surface area contributed by atoms with Crippen LogP contribution in [-0.4, -0.2) is 35.7 Å². The third-order valence-corrected chi connectivity index (χ3v) is 6.25. The number of esters is 1. The Morgan fingerprint density at radius 1 is 0.977 bits per heavy atom. The van der Waals surface area contributed by atoms with Crippen molar-refractivity contribution in [3.63, 3.8) is 0 Å². The summed E-state index contributed by atoms with van der Waals surface area (Å²) in [5.41, 5.74) is 3.37. The minimum absolute atomic E-state index is 0.0266. The number of carbonyl (C=O) groups is 3. The van der Waals surface area contributed by atoms with E-state index < -0.39 is 28.6 Å². The number of amides is 2. The van der Waals surface area contributed by atoms with Crippen LogP contribution in [0.1, 0.15) is 32.0 Å². The Morgan fingerprint density at radius 3 is 2.53 bits per heavy atom. The van der Waals surface area contributed by atoms with Crippen LogP contribution in [0.5, 0.6) is 17.2 Å². The van der Waals surface area contributed by atoms with E-state index in [4.69, 9.17) is 18.6 Å². The summed E-state index contributed by atoms with van der Waals surface area (Å²) in [6.45, 7) is 0.0731. The van der Waals surface area contributed by atoms with Crippen LogP contribution in [0.15, 0.2) is 98.6 Å². The molecule has 0 fully saturated rings. The number of nitro groups is 1. The number of hydrogen-bond donors (Lipinski definition) is 2. The van der Waals surface area contributed by atoms with Crippen LogP contribution >= 0.6 is 15.9 Å². The molecule has 2 amide bonds. The summed E-state index contributed by atoms with van der Waals surface area (Å²) in [6.07, 6.45) is 2.66. The smallest absolute Gasteiger partial charge is 0.433 e. The number of halogens is 1. The number of rotatable bonds is 9. The molecule has 0 unspecified atom stereocenters. The summed E-state index contributed by atoms with van der Waals surface area (Å²) in [5, 5.41) is 17.4. The summed E-state index contributed by atoms with van der Waals surface area (Å²) in [4.78, 5) is 48.6. The molecule has 0 bridgehead atoms. The summed E-state index contributed by atoms with van der Waals surface area (Å²) < 4.78 is 21.5. The van der Waals surface area contributed by atoms with Crippen molar-refractivity contribution in [3.8, 4) is 17.2 Å². The standard InChI is InChI=1S/C29H19BrN4O9/c30-20-7-9-22(43-29(37)24-10-11-26(42-24)34(38)39)19(14-20)15-31-33-28(36)21(32-27(35)18-4-2-1-3-5-18)12-17-6-8-23-25(13-17)41-16-40-23/h1-15H,16H2,(H,32,35)(H,33,36)/b21-12+,31-15+. The number of ether oxygens (including phenoxy) is 3. The van der Waals surface area contributed by atoms with Crippen molar-refractivity contribution in [3.05, 3.63) is 122 Å². The topological polar surface area (TPSA) is 172 Å². The molecular weight excluding hydrogens is 628 g/mol. The van der Waals surface area contributed by atoms with Gasteiger partial charge in [-0.05, 0) is 60.2 Å². The van der Waals surface area contributed by atoms with Crippen molar-refractivity contribution in [2.24, 2.45) is 5.10 Å². The highest BCUT2D eigenvalue weighted by atomic mass is 79.9. The summed E-state index contributed by atoms with van der Waals surface area (Å²) in [5.74, 6) is -2.18. The molecular formula is C29H19BrN4O9. The average molecular weight is 647 g/mol. The second kappa shape index (κ2) is 12.8. The average Bonchev–Trinajstić information content (AvgIpc) is 3.69. The number of furan rings is 1. The van der Waals surface area contributed by atoms with Gasteiger partial charge in [0.15, 0.2) is 11.5 Å². The van der Waals surface area contributed by atoms with E-state index in [2.05, 4.69) is 31.8 Å². The van der Waals surface area contributed by atoms with E-state index in [1.807, 2.05) is 0 Å². The molecule has 1 aliphatic rings. The fraction of sp³-hybridized carbons (Fsp3) is 0.0345. The first-order chi connectivity index (χ1) is 20.8. The SMILES string of the molecule is O=C(N/N=C/c1cc(Br)ccc1OC(=O)c1ccc([N+](=O)[O-])o1)/C(=C\c1ccc2c(c1)OCO2)NC(=O)c1ccccc1. The molecule has 14 heteroatoms. The summed E-state index contributed by atoms with van der Waals surface area (Å²) in [7, 11) is 0. The van der Waals surface area contributed by atoms with Crippen LogP contribution < -0.4 is 25.0 Å². The van der Waals surface area contributed by atoms with Crippen LogP contribution in [-0.2, 0) is 4.79 Å². The molecule has 43 heavy (non-hydrogen) atoms. The molecule has 1 aliphatic heterocycles. The predicted molar refractivity (Wildman–Crippen MR) is 155 cm³/mol. The van der Waals surface area contributed by atoms with Crippen molar-refractivity contribution in [2.75, 3.05) is 6.79 Å². The molecule has 0 spiro atoms. The predicted octanol–water partition coefficient (Wildman–Crippen LogP) is 4.82. The highest BCUT2D eigenvalue weighted by Crippen LogP contribution is 2.33. The van der Waals surface area contributed by atoms with Crippen molar-refractivity contribution in [2.45, 2.75) is 0 Å². The van der Waals surface area contributed by atoms with Crippen LogP contribution in [0.25, 0.3) is 6.08 Å². The van der Waals surface area contributed by atoms with Gasteiger partial charge in [0, 0.05) is 15.6 Å². The molecule has 216 valence electrons. The Morgan fingerprint density at radius 2 is 1.77 bits per heavy atom. The molecule has 0 aliphatic carbocycles. The van der Waals surface area contributed by atoms with Gasteiger partial charge in [-0.25, -0.2) is 10.2 Å². The van der Waals surface area contributed by atoms with Crippen LogP contribution in [0, 0.1) is 10.1 Å². The van der Waals surface area contributed by atoms with E-state index in [0.29, 0.717) is 27.1 Å². The van der Waals surface area contributed by atoms with Gasteiger partial charge < -0.3 is 23.9 Å². The summed E-state index contributed by atoms with van der Waals surface area (Å²) in [6, 6.07) is 20.1. The summed E-state index contributed by atoms with van der Waals surface area (Å²) >= 11 is 3.32. The van der Waals surface area contributed by atoms with Crippen molar-refractivity contribution < 1.29 is 37.9 Å². The molecule has 4 aromatic rings. The fourth-order valence-electron chi connectivity index (χ4n) is 3.73. The number of nitrogens with one attached hydrogen (secondary N) is 2. The first kappa shape index (κ1) is 28.8. The quantitative estimate of drug-likeness (QED) is 0.0645. The van der Waals surface area contributed by atoms with Crippen molar-refractivity contribution >= 4 is 51.9 Å². The van der Waals surface area contributed by atoms with Gasteiger partial charge in [0.05, 0.1) is 12.3 Å². The Bertz CT molecular complexity index is 1780. The molecule has 0 atom stereocenters. The monoisotopic (exact) mass is 646 g/mol. The zero-order chi connectivity index (χ0) is 30.3. The molecule has 0 radical (unpaired) electrons. The molecule has 3 aromatic carbocycles. The van der Waals surface area contributed by atoms with Gasteiger partial charge >= 0.3 is 11.9 Å². The first-order valence-electron chi connectivity index (χ1n) is 12.3. The highest BCUT2D eigenvalue weighted by molar-refractivity contribution is 9.10. The van der Waals surface area contributed by atoms with Gasteiger partial charge in [0.25, 0.3) is 11.8 Å². The second-order valence-corrected chi connectivity index (χ2v) is 9.57. The lowest BCUT2D eigenvalue weighted by Gasteiger charge is -2.10. The van der Waals surface area contributed by atoms with Crippen LogP contribution in [0.3, 0.4) is 0 Å². The minimum Gasteiger partial charge on any atom is -0.454 e.